The number of halogens is 3. The molecule has 0 amide bonds. The molecule has 0 bridgehead atoms. The van der Waals surface area contributed by atoms with Gasteiger partial charge in [0.1, 0.15) is 11.6 Å². The van der Waals surface area contributed by atoms with E-state index in [2.05, 4.69) is 0 Å². The van der Waals surface area contributed by atoms with Crippen LogP contribution in [0.25, 0.3) is 0 Å². The first-order valence-corrected chi connectivity index (χ1v) is 6.34. The number of hydrogen-bond donors (Lipinski definition) is 0. The highest BCUT2D eigenvalue weighted by molar-refractivity contribution is 7.98. The Balaban J connectivity index is 2.10. The van der Waals surface area contributed by atoms with E-state index in [1.807, 2.05) is 18.2 Å². The van der Waals surface area contributed by atoms with Gasteiger partial charge in [0, 0.05) is 21.7 Å². The van der Waals surface area contributed by atoms with Crippen molar-refractivity contribution in [2.75, 3.05) is 0 Å². The molecule has 0 aliphatic rings. The van der Waals surface area contributed by atoms with E-state index >= 15 is 0 Å². The van der Waals surface area contributed by atoms with Gasteiger partial charge in [0.25, 0.3) is 0 Å². The van der Waals surface area contributed by atoms with Crippen LogP contribution in [0.3, 0.4) is 0 Å². The molecule has 0 aliphatic heterocycles. The minimum atomic E-state index is -0.563. The Hall–Kier alpha value is -1.06. The van der Waals surface area contributed by atoms with E-state index in [1.54, 1.807) is 6.07 Å². The third-order valence-electron chi connectivity index (χ3n) is 2.19. The SMILES string of the molecule is Fc1cc(F)cc(SCc2ccccc2Cl)c1. The maximum absolute atomic E-state index is 13.0. The smallest absolute Gasteiger partial charge is 0.127 e. The second-order valence-electron chi connectivity index (χ2n) is 3.49. The zero-order valence-electron chi connectivity index (χ0n) is 8.79. The molecule has 0 heterocycles. The summed E-state index contributed by atoms with van der Waals surface area (Å²) in [6.45, 7) is 0. The fourth-order valence-electron chi connectivity index (χ4n) is 1.39. The van der Waals surface area contributed by atoms with Crippen LogP contribution in [-0.2, 0) is 5.75 Å². The normalized spacial score (nSPS) is 10.5. The molecule has 0 aliphatic carbocycles. The average Bonchev–Trinajstić information content (AvgIpc) is 2.27. The van der Waals surface area contributed by atoms with Crippen LogP contribution in [0.5, 0.6) is 0 Å². The van der Waals surface area contributed by atoms with Crippen LogP contribution in [0.15, 0.2) is 47.4 Å². The Labute approximate surface area is 108 Å². The largest absolute Gasteiger partial charge is 0.207 e. The van der Waals surface area contributed by atoms with Crippen molar-refractivity contribution in [3.8, 4) is 0 Å². The summed E-state index contributed by atoms with van der Waals surface area (Å²) in [5.41, 5.74) is 0.948. The van der Waals surface area contributed by atoms with Gasteiger partial charge in [0.2, 0.25) is 0 Å². The van der Waals surface area contributed by atoms with Gasteiger partial charge in [0.15, 0.2) is 0 Å². The predicted octanol–water partition coefficient (Wildman–Crippen LogP) is 4.91. The van der Waals surface area contributed by atoms with Crippen molar-refractivity contribution in [3.63, 3.8) is 0 Å². The zero-order chi connectivity index (χ0) is 12.3. The molecule has 0 fully saturated rings. The number of hydrogen-bond acceptors (Lipinski definition) is 1. The minimum absolute atomic E-state index is 0.558. The average molecular weight is 271 g/mol. The molecule has 0 saturated heterocycles. The Morgan fingerprint density at radius 3 is 2.29 bits per heavy atom. The van der Waals surface area contributed by atoms with Crippen LogP contribution >= 0.6 is 23.4 Å². The monoisotopic (exact) mass is 270 g/mol. The molecule has 0 spiro atoms. The van der Waals surface area contributed by atoms with Crippen molar-refractivity contribution in [2.45, 2.75) is 10.6 Å². The molecule has 2 aromatic rings. The third kappa shape index (κ3) is 3.45. The maximum Gasteiger partial charge on any atom is 0.127 e. The highest BCUT2D eigenvalue weighted by Crippen LogP contribution is 2.27. The molecule has 0 aromatic heterocycles. The second-order valence-corrected chi connectivity index (χ2v) is 4.94. The van der Waals surface area contributed by atoms with Gasteiger partial charge in [-0.05, 0) is 23.8 Å². The Bertz CT molecular complexity index is 508. The lowest BCUT2D eigenvalue weighted by molar-refractivity contribution is 0.577. The van der Waals surface area contributed by atoms with Gasteiger partial charge in [-0.3, -0.25) is 0 Å². The van der Waals surface area contributed by atoms with E-state index in [0.29, 0.717) is 15.7 Å². The first-order chi connectivity index (χ1) is 8.15. The molecular formula is C13H9ClF2S. The number of rotatable bonds is 3. The molecule has 4 heteroatoms. The van der Waals surface area contributed by atoms with E-state index in [4.69, 9.17) is 11.6 Å². The molecule has 0 nitrogen and oxygen atoms in total. The van der Waals surface area contributed by atoms with Gasteiger partial charge in [-0.2, -0.15) is 0 Å². The lowest BCUT2D eigenvalue weighted by atomic mass is 10.2. The minimum Gasteiger partial charge on any atom is -0.207 e. The van der Waals surface area contributed by atoms with Gasteiger partial charge in [-0.1, -0.05) is 29.8 Å². The van der Waals surface area contributed by atoms with Gasteiger partial charge in [-0.15, -0.1) is 11.8 Å². The zero-order valence-corrected chi connectivity index (χ0v) is 10.4. The third-order valence-corrected chi connectivity index (χ3v) is 3.58. The topological polar surface area (TPSA) is 0 Å². The summed E-state index contributed by atoms with van der Waals surface area (Å²) in [7, 11) is 0. The summed E-state index contributed by atoms with van der Waals surface area (Å²) in [4.78, 5) is 0.558. The lowest BCUT2D eigenvalue weighted by Gasteiger charge is -2.04. The quantitative estimate of drug-likeness (QED) is 0.714. The van der Waals surface area contributed by atoms with Crippen LogP contribution in [0.4, 0.5) is 8.78 Å². The second kappa shape index (κ2) is 5.52. The fraction of sp³-hybridized carbons (Fsp3) is 0.0769. The van der Waals surface area contributed by atoms with E-state index in [9.17, 15) is 8.78 Å². The first kappa shape index (κ1) is 12.4. The first-order valence-electron chi connectivity index (χ1n) is 4.97. The van der Waals surface area contributed by atoms with E-state index in [-0.39, 0.29) is 0 Å². The van der Waals surface area contributed by atoms with Gasteiger partial charge in [0.05, 0.1) is 0 Å². The van der Waals surface area contributed by atoms with Crippen molar-refractivity contribution in [1.82, 2.24) is 0 Å². The molecule has 0 N–H and O–H groups in total. The highest BCUT2D eigenvalue weighted by Gasteiger charge is 2.03. The summed E-state index contributed by atoms with van der Waals surface area (Å²) < 4.78 is 25.9. The van der Waals surface area contributed by atoms with Crippen LogP contribution in [-0.4, -0.2) is 0 Å². The van der Waals surface area contributed by atoms with E-state index < -0.39 is 11.6 Å². The summed E-state index contributed by atoms with van der Waals surface area (Å²) in [5.74, 6) is -0.541. The molecule has 17 heavy (non-hydrogen) atoms. The van der Waals surface area contributed by atoms with E-state index in [1.165, 1.54) is 23.9 Å². The Kier molecular flexibility index (Phi) is 4.02. The van der Waals surface area contributed by atoms with Crippen LogP contribution in [0.1, 0.15) is 5.56 Å². The van der Waals surface area contributed by atoms with Gasteiger partial charge in [-0.25, -0.2) is 8.78 Å². The predicted molar refractivity (Wildman–Crippen MR) is 67.4 cm³/mol. The molecule has 0 radical (unpaired) electrons. The molecule has 2 aromatic carbocycles. The molecule has 88 valence electrons. The van der Waals surface area contributed by atoms with Crippen LogP contribution in [0.2, 0.25) is 5.02 Å². The van der Waals surface area contributed by atoms with Crippen LogP contribution < -0.4 is 0 Å². The maximum atomic E-state index is 13.0. The Morgan fingerprint density at radius 2 is 1.65 bits per heavy atom. The molecule has 0 unspecified atom stereocenters. The molecular weight excluding hydrogens is 262 g/mol. The number of thioether (sulfide) groups is 1. The Morgan fingerprint density at radius 1 is 1.00 bits per heavy atom. The summed E-state index contributed by atoms with van der Waals surface area (Å²) in [5, 5.41) is 0.664. The molecule has 0 atom stereocenters. The molecule has 0 saturated carbocycles. The van der Waals surface area contributed by atoms with Gasteiger partial charge < -0.3 is 0 Å². The summed E-state index contributed by atoms with van der Waals surface area (Å²) in [6, 6.07) is 10.9. The fourth-order valence-corrected chi connectivity index (χ4v) is 2.64. The van der Waals surface area contributed by atoms with Crippen molar-refractivity contribution in [3.05, 3.63) is 64.7 Å². The summed E-state index contributed by atoms with van der Waals surface area (Å²) >= 11 is 7.34. The highest BCUT2D eigenvalue weighted by atomic mass is 35.5. The van der Waals surface area contributed by atoms with Crippen molar-refractivity contribution < 1.29 is 8.78 Å². The van der Waals surface area contributed by atoms with Gasteiger partial charge >= 0.3 is 0 Å². The van der Waals surface area contributed by atoms with Crippen molar-refractivity contribution >= 4 is 23.4 Å². The summed E-state index contributed by atoms with van der Waals surface area (Å²) in [6.07, 6.45) is 0. The molecule has 2 rings (SSSR count). The number of benzene rings is 2. The van der Waals surface area contributed by atoms with Crippen molar-refractivity contribution in [1.29, 1.82) is 0 Å². The standard InChI is InChI=1S/C13H9ClF2S/c14-13-4-2-1-3-9(13)8-17-12-6-10(15)5-11(16)7-12/h1-7H,8H2. The van der Waals surface area contributed by atoms with E-state index in [0.717, 1.165) is 11.6 Å². The lowest BCUT2D eigenvalue weighted by Crippen LogP contribution is -1.84. The van der Waals surface area contributed by atoms with Crippen LogP contribution in [0, 0.1) is 11.6 Å². The van der Waals surface area contributed by atoms with Crippen molar-refractivity contribution in [2.24, 2.45) is 0 Å².